The van der Waals surface area contributed by atoms with Gasteiger partial charge in [-0.25, -0.2) is 4.98 Å². The first-order valence-corrected chi connectivity index (χ1v) is 13.2. The lowest BCUT2D eigenvalue weighted by atomic mass is 9.95. The molecule has 198 valence electrons. The van der Waals surface area contributed by atoms with Gasteiger partial charge in [0.1, 0.15) is 30.5 Å². The predicted molar refractivity (Wildman–Crippen MR) is 146 cm³/mol. The lowest BCUT2D eigenvalue weighted by molar-refractivity contribution is -0.132. The van der Waals surface area contributed by atoms with Crippen molar-refractivity contribution in [2.75, 3.05) is 31.8 Å². The van der Waals surface area contributed by atoms with Crippen molar-refractivity contribution in [1.82, 2.24) is 4.98 Å². The Labute approximate surface area is 227 Å². The largest absolute Gasteiger partial charge is 0.507 e. The minimum absolute atomic E-state index is 0.0563. The van der Waals surface area contributed by atoms with Crippen LogP contribution in [0.15, 0.2) is 66.2 Å². The van der Waals surface area contributed by atoms with Crippen molar-refractivity contribution in [3.05, 3.63) is 77.4 Å². The minimum Gasteiger partial charge on any atom is -0.507 e. The van der Waals surface area contributed by atoms with Crippen LogP contribution in [0, 0.1) is 0 Å². The van der Waals surface area contributed by atoms with Crippen LogP contribution in [0.3, 0.4) is 0 Å². The second-order valence-electron chi connectivity index (χ2n) is 8.86. The molecule has 0 aliphatic carbocycles. The van der Waals surface area contributed by atoms with Gasteiger partial charge >= 0.3 is 5.91 Å². The van der Waals surface area contributed by atoms with E-state index >= 15 is 0 Å². The fourth-order valence-electron chi connectivity index (χ4n) is 4.76. The summed E-state index contributed by atoms with van der Waals surface area (Å²) in [6.45, 7) is 3.21. The second kappa shape index (κ2) is 9.95. The highest BCUT2D eigenvalue weighted by atomic mass is 32.1. The molecule has 1 saturated heterocycles. The number of ketones is 1. The molecule has 39 heavy (non-hydrogen) atoms. The summed E-state index contributed by atoms with van der Waals surface area (Å²) in [6.07, 6.45) is 0. The van der Waals surface area contributed by atoms with Gasteiger partial charge in [0.2, 0.25) is 0 Å². The Bertz CT molecular complexity index is 1640. The molecule has 1 atom stereocenters. The van der Waals surface area contributed by atoms with Gasteiger partial charge < -0.3 is 24.1 Å². The Balaban J connectivity index is 1.52. The molecule has 1 aromatic heterocycles. The quantitative estimate of drug-likeness (QED) is 0.203. The molecule has 1 amide bonds. The van der Waals surface area contributed by atoms with Crippen LogP contribution in [0.1, 0.15) is 24.1 Å². The van der Waals surface area contributed by atoms with Crippen LogP contribution in [0.5, 0.6) is 23.0 Å². The van der Waals surface area contributed by atoms with E-state index < -0.39 is 17.7 Å². The average molecular weight is 545 g/mol. The lowest BCUT2D eigenvalue weighted by Crippen LogP contribution is -2.29. The molecular weight excluding hydrogens is 520 g/mol. The fraction of sp³-hybridized carbons (Fsp3) is 0.207. The molecule has 3 heterocycles. The molecule has 0 saturated carbocycles. The van der Waals surface area contributed by atoms with E-state index in [2.05, 4.69) is 4.98 Å². The number of rotatable bonds is 6. The molecule has 1 fully saturated rings. The number of nitrogens with zero attached hydrogens (tertiary/aromatic N) is 2. The lowest BCUT2D eigenvalue weighted by Gasteiger charge is -2.23. The molecule has 0 bridgehead atoms. The van der Waals surface area contributed by atoms with E-state index in [1.54, 1.807) is 42.5 Å². The zero-order chi connectivity index (χ0) is 27.1. The number of anilines is 1. The average Bonchev–Trinajstić information content (AvgIpc) is 3.50. The van der Waals surface area contributed by atoms with Crippen LogP contribution < -0.4 is 23.8 Å². The fourth-order valence-corrected chi connectivity index (χ4v) is 5.78. The maximum absolute atomic E-state index is 13.6. The van der Waals surface area contributed by atoms with E-state index in [-0.39, 0.29) is 11.3 Å². The van der Waals surface area contributed by atoms with Crippen LogP contribution in [0.2, 0.25) is 0 Å². The summed E-state index contributed by atoms with van der Waals surface area (Å²) < 4.78 is 23.1. The number of carbonyl (C=O) groups is 2. The van der Waals surface area contributed by atoms with Gasteiger partial charge in [-0.2, -0.15) is 0 Å². The van der Waals surface area contributed by atoms with Crippen molar-refractivity contribution in [2.24, 2.45) is 0 Å². The number of methoxy groups -OCH3 is 1. The standard InChI is InChI=1S/C29H24N2O7S/c1-3-36-19-8-9-20-23(15-19)39-29(30-20)31-25(16-5-4-6-18(13-16)35-2)24(27(33)28(31)34)26(32)17-7-10-21-22(14-17)38-12-11-37-21/h4-10,13-15,25,32H,3,11-12H2,1-2H3/b26-24+/t25-/m0/s1. The normalized spacial score (nSPS) is 18.0. The maximum Gasteiger partial charge on any atom is 0.301 e. The molecule has 10 heteroatoms. The number of carbonyl (C=O) groups excluding carboxylic acids is 2. The number of aliphatic hydroxyl groups is 1. The van der Waals surface area contributed by atoms with E-state index in [9.17, 15) is 14.7 Å². The van der Waals surface area contributed by atoms with Crippen LogP contribution in [-0.4, -0.2) is 48.7 Å². The highest BCUT2D eigenvalue weighted by molar-refractivity contribution is 7.22. The maximum atomic E-state index is 13.6. The predicted octanol–water partition coefficient (Wildman–Crippen LogP) is 5.10. The number of amides is 1. The molecule has 0 unspecified atom stereocenters. The van der Waals surface area contributed by atoms with Crippen molar-refractivity contribution >= 4 is 44.1 Å². The Morgan fingerprint density at radius 1 is 1.05 bits per heavy atom. The third-order valence-corrected chi connectivity index (χ3v) is 7.55. The van der Waals surface area contributed by atoms with Crippen LogP contribution >= 0.6 is 11.3 Å². The highest BCUT2D eigenvalue weighted by Gasteiger charge is 2.48. The summed E-state index contributed by atoms with van der Waals surface area (Å²) in [5, 5.41) is 11.8. The monoisotopic (exact) mass is 544 g/mol. The Morgan fingerprint density at radius 3 is 2.67 bits per heavy atom. The Kier molecular flexibility index (Phi) is 6.32. The summed E-state index contributed by atoms with van der Waals surface area (Å²) in [5.74, 6) is 0.307. The summed E-state index contributed by atoms with van der Waals surface area (Å²) in [4.78, 5) is 33.1. The third kappa shape index (κ3) is 4.32. The highest BCUT2D eigenvalue weighted by Crippen LogP contribution is 2.45. The molecular formula is C29H24N2O7S. The first kappa shape index (κ1) is 24.7. The van der Waals surface area contributed by atoms with Crippen molar-refractivity contribution in [3.63, 3.8) is 0 Å². The summed E-state index contributed by atoms with van der Waals surface area (Å²) in [7, 11) is 1.54. The molecule has 2 aliphatic rings. The number of ether oxygens (including phenoxy) is 4. The van der Waals surface area contributed by atoms with Crippen molar-refractivity contribution in [3.8, 4) is 23.0 Å². The van der Waals surface area contributed by atoms with Crippen molar-refractivity contribution < 1.29 is 33.6 Å². The van der Waals surface area contributed by atoms with Gasteiger partial charge in [0, 0.05) is 5.56 Å². The molecule has 0 radical (unpaired) electrons. The van der Waals surface area contributed by atoms with Crippen molar-refractivity contribution in [2.45, 2.75) is 13.0 Å². The van der Waals surface area contributed by atoms with E-state index in [0.29, 0.717) is 64.6 Å². The van der Waals surface area contributed by atoms with Crippen LogP contribution in [-0.2, 0) is 9.59 Å². The first-order valence-electron chi connectivity index (χ1n) is 12.4. The third-order valence-electron chi connectivity index (χ3n) is 6.54. The van der Waals surface area contributed by atoms with Gasteiger partial charge in [0.05, 0.1) is 35.5 Å². The van der Waals surface area contributed by atoms with Gasteiger partial charge in [-0.1, -0.05) is 23.5 Å². The number of aromatic nitrogens is 1. The van der Waals surface area contributed by atoms with Crippen LogP contribution in [0.25, 0.3) is 16.0 Å². The summed E-state index contributed by atoms with van der Waals surface area (Å²) in [5.41, 5.74) is 1.52. The number of aliphatic hydroxyl groups excluding tert-OH is 1. The molecule has 9 nitrogen and oxygen atoms in total. The van der Waals surface area contributed by atoms with E-state index in [0.717, 1.165) is 4.70 Å². The molecule has 0 spiro atoms. The van der Waals surface area contributed by atoms with E-state index in [1.165, 1.54) is 23.3 Å². The smallest absolute Gasteiger partial charge is 0.301 e. The van der Waals surface area contributed by atoms with Gasteiger partial charge in [-0.05, 0) is 61.0 Å². The van der Waals surface area contributed by atoms with Gasteiger partial charge in [0.15, 0.2) is 16.6 Å². The number of benzene rings is 3. The van der Waals surface area contributed by atoms with E-state index in [4.69, 9.17) is 18.9 Å². The van der Waals surface area contributed by atoms with Crippen LogP contribution in [0.4, 0.5) is 5.13 Å². The van der Waals surface area contributed by atoms with Gasteiger partial charge in [-0.3, -0.25) is 14.5 Å². The van der Waals surface area contributed by atoms with Crippen molar-refractivity contribution in [1.29, 1.82) is 0 Å². The van der Waals surface area contributed by atoms with E-state index in [1.807, 2.05) is 25.1 Å². The number of thiazole rings is 1. The summed E-state index contributed by atoms with van der Waals surface area (Å²) in [6, 6.07) is 16.5. The molecule has 6 rings (SSSR count). The topological polar surface area (TPSA) is 107 Å². The Morgan fingerprint density at radius 2 is 1.87 bits per heavy atom. The van der Waals surface area contributed by atoms with Gasteiger partial charge in [0.25, 0.3) is 5.78 Å². The molecule has 3 aromatic carbocycles. The minimum atomic E-state index is -0.944. The number of fused-ring (bicyclic) bond motifs is 2. The zero-order valence-corrected chi connectivity index (χ0v) is 22.0. The SMILES string of the molecule is CCOc1ccc2nc(N3C(=O)C(=O)/C(=C(/O)c4ccc5c(c4)OCCO5)[C@@H]3c3cccc(OC)c3)sc2c1. The number of hydrogen-bond acceptors (Lipinski definition) is 9. The number of hydrogen-bond donors (Lipinski definition) is 1. The van der Waals surface area contributed by atoms with Gasteiger partial charge in [-0.15, -0.1) is 0 Å². The second-order valence-corrected chi connectivity index (χ2v) is 9.87. The molecule has 1 N–H and O–H groups in total. The zero-order valence-electron chi connectivity index (χ0n) is 21.2. The molecule has 4 aromatic rings. The molecule has 2 aliphatic heterocycles. The summed E-state index contributed by atoms with van der Waals surface area (Å²) >= 11 is 1.27. The Hall–Kier alpha value is -4.57. The number of Topliss-reactive ketones (excluding diaryl/α,β-unsaturated/α-hetero) is 1. The first-order chi connectivity index (χ1) is 19.0.